The number of hydrogen-bond donors (Lipinski definition) is 0. The highest BCUT2D eigenvalue weighted by Gasteiger charge is 2.06. The lowest BCUT2D eigenvalue weighted by atomic mass is 10.2. The average Bonchev–Trinajstić information content (AvgIpc) is 2.82. The molecule has 0 saturated carbocycles. The van der Waals surface area contributed by atoms with Crippen LogP contribution in [0.4, 0.5) is 0 Å². The van der Waals surface area contributed by atoms with Gasteiger partial charge in [-0.05, 0) is 6.07 Å². The normalized spacial score (nSPS) is 10.7. The van der Waals surface area contributed by atoms with Crippen molar-refractivity contribution in [1.82, 2.24) is 15.0 Å². The first kappa shape index (κ1) is 8.11. The van der Waals surface area contributed by atoms with Crippen molar-refractivity contribution < 1.29 is 4.42 Å². The number of nitrogens with zero attached hydrogens (tertiary/aromatic N) is 3. The minimum Gasteiger partial charge on any atom is -0.442 e. The molecule has 0 saturated heterocycles. The molecule has 4 nitrogen and oxygen atoms in total. The van der Waals surface area contributed by atoms with Crippen molar-refractivity contribution >= 4 is 10.9 Å². The van der Waals surface area contributed by atoms with Gasteiger partial charge in [-0.15, -0.1) is 0 Å². The van der Waals surface area contributed by atoms with Gasteiger partial charge in [-0.25, -0.2) is 15.0 Å². The molecule has 4 heteroatoms. The lowest BCUT2D eigenvalue weighted by Crippen LogP contribution is -1.89. The minimum atomic E-state index is 0.445. The third kappa shape index (κ3) is 1.36. The van der Waals surface area contributed by atoms with E-state index in [-0.39, 0.29) is 0 Å². The van der Waals surface area contributed by atoms with Gasteiger partial charge in [0.15, 0.2) is 0 Å². The van der Waals surface area contributed by atoms with Crippen LogP contribution in [-0.2, 0) is 0 Å². The number of benzene rings is 1. The van der Waals surface area contributed by atoms with E-state index >= 15 is 0 Å². The van der Waals surface area contributed by atoms with E-state index in [1.807, 2.05) is 24.3 Å². The quantitative estimate of drug-likeness (QED) is 0.600. The Bertz CT molecular complexity index is 590. The van der Waals surface area contributed by atoms with E-state index in [1.54, 1.807) is 12.4 Å². The van der Waals surface area contributed by atoms with E-state index in [1.165, 1.54) is 6.26 Å². The second-order valence-electron chi connectivity index (χ2n) is 3.09. The highest BCUT2D eigenvalue weighted by atomic mass is 16.3. The fraction of sp³-hybridized carbons (Fsp3) is 0. The first-order valence-electron chi connectivity index (χ1n) is 4.55. The predicted molar refractivity (Wildman–Crippen MR) is 55.0 cm³/mol. The van der Waals surface area contributed by atoms with E-state index in [0.717, 1.165) is 10.9 Å². The highest BCUT2D eigenvalue weighted by molar-refractivity contribution is 5.78. The van der Waals surface area contributed by atoms with E-state index in [2.05, 4.69) is 15.0 Å². The van der Waals surface area contributed by atoms with Crippen molar-refractivity contribution in [3.63, 3.8) is 0 Å². The van der Waals surface area contributed by atoms with Crippen LogP contribution in [0, 0.1) is 0 Å². The van der Waals surface area contributed by atoms with Crippen molar-refractivity contribution in [2.45, 2.75) is 0 Å². The molecule has 0 N–H and O–H groups in total. The molecule has 2 heterocycles. The molecule has 0 bridgehead atoms. The van der Waals surface area contributed by atoms with E-state index in [4.69, 9.17) is 4.42 Å². The van der Waals surface area contributed by atoms with Crippen LogP contribution in [0.3, 0.4) is 0 Å². The van der Waals surface area contributed by atoms with Crippen molar-refractivity contribution in [1.29, 1.82) is 0 Å². The third-order valence-corrected chi connectivity index (χ3v) is 2.11. The number of rotatable bonds is 1. The fourth-order valence-electron chi connectivity index (χ4n) is 1.41. The molecule has 0 aliphatic carbocycles. The topological polar surface area (TPSA) is 51.8 Å². The zero-order valence-electron chi connectivity index (χ0n) is 7.79. The minimum absolute atomic E-state index is 0.445. The first-order valence-corrected chi connectivity index (χ1v) is 4.55. The summed E-state index contributed by atoms with van der Waals surface area (Å²) in [6, 6.07) is 7.79. The number of oxazole rings is 1. The molecule has 0 atom stereocenters. The lowest BCUT2D eigenvalue weighted by Gasteiger charge is -1.97. The monoisotopic (exact) mass is 197 g/mol. The first-order chi connectivity index (χ1) is 7.43. The second-order valence-corrected chi connectivity index (χ2v) is 3.09. The lowest BCUT2D eigenvalue weighted by molar-refractivity contribution is 0.569. The van der Waals surface area contributed by atoms with Crippen molar-refractivity contribution in [3.8, 4) is 11.7 Å². The summed E-state index contributed by atoms with van der Waals surface area (Å²) in [5.74, 6) is 0.958. The third-order valence-electron chi connectivity index (χ3n) is 2.11. The van der Waals surface area contributed by atoms with Gasteiger partial charge in [-0.3, -0.25) is 0 Å². The zero-order chi connectivity index (χ0) is 10.1. The number of aromatic nitrogens is 3. The summed E-state index contributed by atoms with van der Waals surface area (Å²) in [6.07, 6.45) is 4.85. The average molecular weight is 197 g/mol. The van der Waals surface area contributed by atoms with Gasteiger partial charge in [0.05, 0.1) is 11.7 Å². The number of para-hydroxylation sites is 1. The molecule has 0 aliphatic heterocycles. The molecular formula is C11H7N3O. The van der Waals surface area contributed by atoms with Crippen molar-refractivity contribution in [3.05, 3.63) is 42.9 Å². The summed E-state index contributed by atoms with van der Waals surface area (Å²) >= 11 is 0. The maximum absolute atomic E-state index is 5.13. The van der Waals surface area contributed by atoms with Crippen LogP contribution in [0.2, 0.25) is 0 Å². The molecule has 1 aromatic carbocycles. The van der Waals surface area contributed by atoms with Crippen LogP contribution in [0.15, 0.2) is 47.3 Å². The summed E-state index contributed by atoms with van der Waals surface area (Å²) in [6.45, 7) is 0. The Morgan fingerprint density at radius 1 is 1.07 bits per heavy atom. The fourth-order valence-corrected chi connectivity index (χ4v) is 1.41. The Kier molecular flexibility index (Phi) is 1.71. The molecule has 0 unspecified atom stereocenters. The Hall–Kier alpha value is -2.23. The Morgan fingerprint density at radius 2 is 2.00 bits per heavy atom. The van der Waals surface area contributed by atoms with Crippen LogP contribution in [0.1, 0.15) is 0 Å². The molecule has 3 aromatic rings. The second kappa shape index (κ2) is 3.16. The SMILES string of the molecule is c1ccc2nc(-c3ncco3)ncc2c1. The Morgan fingerprint density at radius 3 is 2.87 bits per heavy atom. The summed E-state index contributed by atoms with van der Waals surface area (Å²) < 4.78 is 5.13. The molecular weight excluding hydrogens is 190 g/mol. The summed E-state index contributed by atoms with van der Waals surface area (Å²) in [7, 11) is 0. The van der Waals surface area contributed by atoms with Crippen molar-refractivity contribution in [2.24, 2.45) is 0 Å². The summed E-state index contributed by atoms with van der Waals surface area (Å²) in [5.41, 5.74) is 0.890. The molecule has 3 rings (SSSR count). The largest absolute Gasteiger partial charge is 0.442 e. The van der Waals surface area contributed by atoms with Crippen LogP contribution >= 0.6 is 0 Å². The molecule has 2 aromatic heterocycles. The van der Waals surface area contributed by atoms with Gasteiger partial charge in [0.25, 0.3) is 5.89 Å². The number of hydrogen-bond acceptors (Lipinski definition) is 4. The maximum atomic E-state index is 5.13. The van der Waals surface area contributed by atoms with Gasteiger partial charge >= 0.3 is 0 Å². The van der Waals surface area contributed by atoms with Gasteiger partial charge in [0.2, 0.25) is 5.82 Å². The number of fused-ring (bicyclic) bond motifs is 1. The smallest absolute Gasteiger partial charge is 0.264 e. The van der Waals surface area contributed by atoms with Gasteiger partial charge < -0.3 is 4.42 Å². The molecule has 0 fully saturated rings. The van der Waals surface area contributed by atoms with Gasteiger partial charge in [0, 0.05) is 11.6 Å². The van der Waals surface area contributed by atoms with E-state index < -0.39 is 0 Å². The van der Waals surface area contributed by atoms with Gasteiger partial charge in [-0.2, -0.15) is 0 Å². The van der Waals surface area contributed by atoms with Crippen LogP contribution in [-0.4, -0.2) is 15.0 Å². The highest BCUT2D eigenvalue weighted by Crippen LogP contribution is 2.15. The van der Waals surface area contributed by atoms with E-state index in [0.29, 0.717) is 11.7 Å². The molecule has 0 spiro atoms. The predicted octanol–water partition coefficient (Wildman–Crippen LogP) is 2.28. The van der Waals surface area contributed by atoms with Crippen LogP contribution in [0.25, 0.3) is 22.6 Å². The van der Waals surface area contributed by atoms with Crippen LogP contribution in [0.5, 0.6) is 0 Å². The summed E-state index contributed by atoms with van der Waals surface area (Å²) in [4.78, 5) is 12.5. The summed E-state index contributed by atoms with van der Waals surface area (Å²) in [5, 5.41) is 1.01. The molecule has 0 aliphatic rings. The molecule has 72 valence electrons. The Labute approximate surface area is 85.6 Å². The molecule has 0 radical (unpaired) electrons. The maximum Gasteiger partial charge on any atom is 0.264 e. The van der Waals surface area contributed by atoms with Crippen LogP contribution < -0.4 is 0 Å². The molecule has 0 amide bonds. The van der Waals surface area contributed by atoms with Gasteiger partial charge in [0.1, 0.15) is 6.26 Å². The van der Waals surface area contributed by atoms with Gasteiger partial charge in [-0.1, -0.05) is 18.2 Å². The van der Waals surface area contributed by atoms with Crippen molar-refractivity contribution in [2.75, 3.05) is 0 Å². The molecule has 15 heavy (non-hydrogen) atoms. The zero-order valence-corrected chi connectivity index (χ0v) is 7.79. The standard InChI is InChI=1S/C11H7N3O/c1-2-4-9-8(3-1)7-13-10(14-9)11-12-5-6-15-11/h1-7H. The Balaban J connectivity index is 2.22. The van der Waals surface area contributed by atoms with E-state index in [9.17, 15) is 0 Å².